The zero-order chi connectivity index (χ0) is 13.2. The van der Waals surface area contributed by atoms with Crippen LogP contribution >= 0.6 is 23.2 Å². The summed E-state index contributed by atoms with van der Waals surface area (Å²) < 4.78 is 9.49. The highest BCUT2D eigenvalue weighted by molar-refractivity contribution is 6.42. The first-order chi connectivity index (χ1) is 7.99. The monoisotopic (exact) mass is 277 g/mol. The Morgan fingerprint density at radius 3 is 2.29 bits per heavy atom. The fourth-order valence-electron chi connectivity index (χ4n) is 1.31. The van der Waals surface area contributed by atoms with Crippen molar-refractivity contribution in [1.82, 2.24) is 0 Å². The maximum Gasteiger partial charge on any atom is 0.343 e. The van der Waals surface area contributed by atoms with E-state index in [0.29, 0.717) is 6.29 Å². The number of esters is 1. The van der Waals surface area contributed by atoms with Gasteiger partial charge in [0.1, 0.15) is 5.56 Å². The molecule has 1 rings (SSSR count). The number of hydrogen-bond donors (Lipinski definition) is 1. The molecule has 1 aromatic carbocycles. The minimum Gasteiger partial charge on any atom is -0.494 e. The molecule has 0 amide bonds. The molecule has 0 aliphatic rings. The molecule has 17 heavy (non-hydrogen) atoms. The predicted molar refractivity (Wildman–Crippen MR) is 64.2 cm³/mol. The minimum atomic E-state index is -0.749. The van der Waals surface area contributed by atoms with Crippen LogP contribution in [0.25, 0.3) is 0 Å². The average Bonchev–Trinajstić information content (AvgIpc) is 2.33. The largest absolute Gasteiger partial charge is 0.494 e. The molecular formula is C10H9Cl2NO4. The summed E-state index contributed by atoms with van der Waals surface area (Å²) in [6.07, 6.45) is 0.435. The predicted octanol–water partition coefficient (Wildman–Crippen LogP) is 2.18. The van der Waals surface area contributed by atoms with Gasteiger partial charge in [0.05, 0.1) is 35.5 Å². The molecule has 0 spiro atoms. The van der Waals surface area contributed by atoms with Crippen molar-refractivity contribution in [2.45, 2.75) is 0 Å². The second-order valence-corrected chi connectivity index (χ2v) is 3.73. The zero-order valence-corrected chi connectivity index (χ0v) is 10.6. The van der Waals surface area contributed by atoms with Gasteiger partial charge in [0.25, 0.3) is 0 Å². The Labute approximate surface area is 107 Å². The highest BCUT2D eigenvalue weighted by Gasteiger charge is 2.26. The summed E-state index contributed by atoms with van der Waals surface area (Å²) in [5, 5.41) is -0.187. The van der Waals surface area contributed by atoms with Gasteiger partial charge in [0.2, 0.25) is 0 Å². The summed E-state index contributed by atoms with van der Waals surface area (Å²) in [5.41, 5.74) is 5.41. The lowest BCUT2D eigenvalue weighted by Gasteiger charge is -2.14. The van der Waals surface area contributed by atoms with E-state index in [-0.39, 0.29) is 32.6 Å². The number of ether oxygens (including phenoxy) is 2. The molecule has 0 atom stereocenters. The van der Waals surface area contributed by atoms with E-state index in [1.807, 2.05) is 0 Å². The number of halogens is 2. The van der Waals surface area contributed by atoms with Crippen LogP contribution in [0.1, 0.15) is 20.7 Å². The van der Waals surface area contributed by atoms with Gasteiger partial charge in [-0.2, -0.15) is 0 Å². The second-order valence-electron chi connectivity index (χ2n) is 2.97. The molecule has 0 aliphatic heterocycles. The van der Waals surface area contributed by atoms with E-state index >= 15 is 0 Å². The third-order valence-corrected chi connectivity index (χ3v) is 2.90. The molecule has 92 valence electrons. The number of hydrogen-bond acceptors (Lipinski definition) is 5. The number of aldehydes is 1. The molecule has 0 unspecified atom stereocenters. The first-order valence-corrected chi connectivity index (χ1v) is 5.13. The third kappa shape index (κ3) is 2.16. The van der Waals surface area contributed by atoms with Gasteiger partial charge in [-0.3, -0.25) is 4.79 Å². The van der Waals surface area contributed by atoms with Crippen LogP contribution in [-0.2, 0) is 4.74 Å². The number of nitrogen functional groups attached to an aromatic ring is 1. The molecule has 0 aliphatic carbocycles. The summed E-state index contributed by atoms with van der Waals surface area (Å²) in [6.45, 7) is 0. The maximum atomic E-state index is 11.5. The molecule has 1 aromatic rings. The molecule has 7 heteroatoms. The van der Waals surface area contributed by atoms with Crippen molar-refractivity contribution in [3.8, 4) is 5.75 Å². The van der Waals surface area contributed by atoms with E-state index in [1.165, 1.54) is 14.2 Å². The Morgan fingerprint density at radius 2 is 1.88 bits per heavy atom. The van der Waals surface area contributed by atoms with Crippen molar-refractivity contribution in [2.75, 3.05) is 20.0 Å². The number of benzene rings is 1. The van der Waals surface area contributed by atoms with Crippen molar-refractivity contribution < 1.29 is 19.1 Å². The summed E-state index contributed by atoms with van der Waals surface area (Å²) >= 11 is 11.7. The summed E-state index contributed by atoms with van der Waals surface area (Å²) in [7, 11) is 2.46. The first kappa shape index (κ1) is 13.6. The fraction of sp³-hybridized carbons (Fsp3) is 0.200. The second kappa shape index (κ2) is 5.25. The van der Waals surface area contributed by atoms with Crippen molar-refractivity contribution in [2.24, 2.45) is 0 Å². The van der Waals surface area contributed by atoms with Crippen molar-refractivity contribution in [3.05, 3.63) is 21.2 Å². The van der Waals surface area contributed by atoms with E-state index in [4.69, 9.17) is 33.7 Å². The molecule has 0 radical (unpaired) electrons. The lowest BCUT2D eigenvalue weighted by molar-refractivity contribution is 0.0598. The summed E-state index contributed by atoms with van der Waals surface area (Å²) in [6, 6.07) is 0. The zero-order valence-electron chi connectivity index (χ0n) is 9.04. The lowest BCUT2D eigenvalue weighted by Crippen LogP contribution is -2.10. The summed E-state index contributed by atoms with van der Waals surface area (Å²) in [4.78, 5) is 22.4. The highest BCUT2D eigenvalue weighted by Crippen LogP contribution is 2.41. The van der Waals surface area contributed by atoms with Crippen LogP contribution < -0.4 is 10.5 Å². The Bertz CT molecular complexity index is 488. The van der Waals surface area contributed by atoms with Gasteiger partial charge in [-0.15, -0.1) is 0 Å². The van der Waals surface area contributed by atoms with Gasteiger partial charge >= 0.3 is 5.97 Å². The van der Waals surface area contributed by atoms with E-state index in [0.717, 1.165) is 0 Å². The van der Waals surface area contributed by atoms with Crippen LogP contribution in [0.4, 0.5) is 5.69 Å². The van der Waals surface area contributed by atoms with E-state index < -0.39 is 5.97 Å². The van der Waals surface area contributed by atoms with Gasteiger partial charge in [-0.25, -0.2) is 4.79 Å². The number of carbonyl (C=O) groups is 2. The van der Waals surface area contributed by atoms with Crippen molar-refractivity contribution >= 4 is 41.1 Å². The van der Waals surface area contributed by atoms with Gasteiger partial charge in [0.15, 0.2) is 12.0 Å². The summed E-state index contributed by atoms with van der Waals surface area (Å²) in [5.74, 6) is -0.789. The standard InChI is InChI=1S/C10H9Cl2NO4/c1-16-9-5(10(15)17-2)8(13)6(11)4(3-14)7(9)12/h3H,13H2,1-2H3. The van der Waals surface area contributed by atoms with E-state index in [2.05, 4.69) is 4.74 Å². The Kier molecular flexibility index (Phi) is 4.20. The molecule has 5 nitrogen and oxygen atoms in total. The van der Waals surface area contributed by atoms with Crippen LogP contribution in [0.3, 0.4) is 0 Å². The SMILES string of the molecule is COC(=O)c1c(N)c(Cl)c(C=O)c(Cl)c1OC. The first-order valence-electron chi connectivity index (χ1n) is 4.37. The van der Waals surface area contributed by atoms with Crippen LogP contribution in [0.5, 0.6) is 5.75 Å². The molecule has 0 saturated carbocycles. The Hall–Kier alpha value is -1.46. The van der Waals surface area contributed by atoms with Crippen LogP contribution in [0, 0.1) is 0 Å². The lowest BCUT2D eigenvalue weighted by atomic mass is 10.1. The van der Waals surface area contributed by atoms with Crippen molar-refractivity contribution in [1.29, 1.82) is 0 Å². The van der Waals surface area contributed by atoms with Gasteiger partial charge in [-0.1, -0.05) is 23.2 Å². The van der Waals surface area contributed by atoms with Crippen LogP contribution in [0.15, 0.2) is 0 Å². The highest BCUT2D eigenvalue weighted by atomic mass is 35.5. The quantitative estimate of drug-likeness (QED) is 0.521. The van der Waals surface area contributed by atoms with Gasteiger partial charge in [-0.05, 0) is 0 Å². The minimum absolute atomic E-state index is 0.0321. The van der Waals surface area contributed by atoms with Crippen molar-refractivity contribution in [3.63, 3.8) is 0 Å². The molecule has 2 N–H and O–H groups in total. The fourth-order valence-corrected chi connectivity index (χ4v) is 1.90. The molecule has 0 aromatic heterocycles. The third-order valence-electron chi connectivity index (χ3n) is 2.12. The maximum absolute atomic E-state index is 11.5. The molecule has 0 heterocycles. The smallest absolute Gasteiger partial charge is 0.343 e. The number of nitrogens with two attached hydrogens (primary N) is 1. The molecular weight excluding hydrogens is 269 g/mol. The number of anilines is 1. The van der Waals surface area contributed by atoms with Crippen LogP contribution in [0.2, 0.25) is 10.0 Å². The molecule has 0 saturated heterocycles. The van der Waals surface area contributed by atoms with Gasteiger partial charge < -0.3 is 15.2 Å². The Morgan fingerprint density at radius 1 is 1.29 bits per heavy atom. The average molecular weight is 278 g/mol. The number of rotatable bonds is 3. The van der Waals surface area contributed by atoms with Crippen LogP contribution in [-0.4, -0.2) is 26.5 Å². The topological polar surface area (TPSA) is 78.6 Å². The van der Waals surface area contributed by atoms with E-state index in [1.54, 1.807) is 0 Å². The molecule has 0 bridgehead atoms. The normalized spacial score (nSPS) is 9.88. The Balaban J connectivity index is 3.71. The van der Waals surface area contributed by atoms with Gasteiger partial charge in [0, 0.05) is 0 Å². The van der Waals surface area contributed by atoms with E-state index in [9.17, 15) is 9.59 Å². The number of carbonyl (C=O) groups excluding carboxylic acids is 2. The molecule has 0 fully saturated rings. The number of methoxy groups -OCH3 is 2.